The molecule has 0 aromatic carbocycles. The molecule has 0 aromatic heterocycles. The molecule has 0 saturated carbocycles. The van der Waals surface area contributed by atoms with Crippen LogP contribution in [0.2, 0.25) is 0 Å². The molecule has 1 aliphatic heterocycles. The fourth-order valence-corrected chi connectivity index (χ4v) is 3.76. The van der Waals surface area contributed by atoms with E-state index in [9.17, 15) is 14.4 Å². The third-order valence-electron chi connectivity index (χ3n) is 2.36. The number of hydrogen-bond acceptors (Lipinski definition) is 7. The van der Waals surface area contributed by atoms with E-state index >= 15 is 0 Å². The van der Waals surface area contributed by atoms with Gasteiger partial charge in [0.25, 0.3) is 0 Å². The lowest BCUT2D eigenvalue weighted by molar-refractivity contribution is -0.144. The Hall–Kier alpha value is -1.09. The van der Waals surface area contributed by atoms with Crippen LogP contribution in [0.3, 0.4) is 0 Å². The summed E-state index contributed by atoms with van der Waals surface area (Å²) in [5, 5.41) is 5.08. The predicted molar refractivity (Wildman–Crippen MR) is 82.0 cm³/mol. The quantitative estimate of drug-likeness (QED) is 0.572. The molecule has 0 aromatic rings. The van der Waals surface area contributed by atoms with Gasteiger partial charge < -0.3 is 20.1 Å². The van der Waals surface area contributed by atoms with E-state index in [-0.39, 0.29) is 0 Å². The van der Waals surface area contributed by atoms with Gasteiger partial charge in [-0.1, -0.05) is 21.6 Å². The summed E-state index contributed by atoms with van der Waals surface area (Å²) in [5.74, 6) is -0.121. The molecular weight excluding hydrogens is 316 g/mol. The minimum Gasteiger partial charge on any atom is -0.467 e. The van der Waals surface area contributed by atoms with Crippen LogP contribution in [0.1, 0.15) is 20.8 Å². The van der Waals surface area contributed by atoms with Gasteiger partial charge in [0, 0.05) is 11.5 Å². The van der Waals surface area contributed by atoms with Gasteiger partial charge in [0.1, 0.15) is 17.7 Å². The number of esters is 1. The Morgan fingerprint density at radius 1 is 1.29 bits per heavy atom. The zero-order valence-electron chi connectivity index (χ0n) is 12.4. The second kappa shape index (κ2) is 7.79. The van der Waals surface area contributed by atoms with Crippen LogP contribution in [0.4, 0.5) is 4.79 Å². The van der Waals surface area contributed by atoms with Crippen molar-refractivity contribution in [3.05, 3.63) is 0 Å². The van der Waals surface area contributed by atoms with Crippen molar-refractivity contribution < 1.29 is 23.9 Å². The number of amides is 2. The topological polar surface area (TPSA) is 93.7 Å². The van der Waals surface area contributed by atoms with Crippen LogP contribution in [0.5, 0.6) is 0 Å². The summed E-state index contributed by atoms with van der Waals surface area (Å²) in [4.78, 5) is 35.3. The molecule has 21 heavy (non-hydrogen) atoms. The lowest BCUT2D eigenvalue weighted by Crippen LogP contribution is -2.54. The van der Waals surface area contributed by atoms with Gasteiger partial charge in [0.2, 0.25) is 5.91 Å². The molecule has 7 nitrogen and oxygen atoms in total. The normalized spacial score (nSPS) is 23.3. The van der Waals surface area contributed by atoms with Crippen LogP contribution in [0, 0.1) is 0 Å². The lowest BCUT2D eigenvalue weighted by atomic mass is 10.2. The fraction of sp³-hybridized carbons (Fsp3) is 0.750. The van der Waals surface area contributed by atoms with Crippen molar-refractivity contribution in [2.75, 3.05) is 18.6 Å². The van der Waals surface area contributed by atoms with Crippen molar-refractivity contribution >= 4 is 39.6 Å². The van der Waals surface area contributed by atoms with E-state index in [0.717, 1.165) is 0 Å². The third kappa shape index (κ3) is 6.47. The van der Waals surface area contributed by atoms with Crippen molar-refractivity contribution in [2.45, 2.75) is 38.5 Å². The molecule has 0 radical (unpaired) electrons. The van der Waals surface area contributed by atoms with Crippen LogP contribution >= 0.6 is 21.6 Å². The Kier molecular flexibility index (Phi) is 6.66. The molecule has 0 spiro atoms. The first-order valence-electron chi connectivity index (χ1n) is 6.35. The van der Waals surface area contributed by atoms with Crippen LogP contribution in [0.15, 0.2) is 0 Å². The zero-order valence-corrected chi connectivity index (χ0v) is 14.1. The minimum atomic E-state index is -0.759. The monoisotopic (exact) mass is 336 g/mol. The Morgan fingerprint density at radius 3 is 2.48 bits per heavy atom. The van der Waals surface area contributed by atoms with Gasteiger partial charge in [-0.05, 0) is 20.8 Å². The molecule has 9 heteroatoms. The number of hydrogen-bond donors (Lipinski definition) is 2. The first-order chi connectivity index (χ1) is 9.73. The highest BCUT2D eigenvalue weighted by atomic mass is 33.1. The fourth-order valence-electron chi connectivity index (χ4n) is 1.45. The molecule has 2 N–H and O–H groups in total. The highest BCUT2D eigenvalue weighted by Crippen LogP contribution is 2.25. The number of rotatable bonds is 2. The summed E-state index contributed by atoms with van der Waals surface area (Å²) in [5.41, 5.74) is -0.640. The van der Waals surface area contributed by atoms with Gasteiger partial charge in [-0.15, -0.1) is 0 Å². The molecule has 120 valence electrons. The Bertz CT molecular complexity index is 411. The summed E-state index contributed by atoms with van der Waals surface area (Å²) >= 11 is 0. The smallest absolute Gasteiger partial charge is 0.408 e. The second-order valence-corrected chi connectivity index (χ2v) is 7.90. The molecular formula is C12H20N2O5S2. The van der Waals surface area contributed by atoms with E-state index in [2.05, 4.69) is 15.4 Å². The summed E-state index contributed by atoms with van der Waals surface area (Å²) < 4.78 is 9.75. The molecule has 2 unspecified atom stereocenters. The van der Waals surface area contributed by atoms with Crippen LogP contribution in [0.25, 0.3) is 0 Å². The first kappa shape index (κ1) is 18.0. The predicted octanol–water partition coefficient (Wildman–Crippen LogP) is 0.932. The summed E-state index contributed by atoms with van der Waals surface area (Å²) in [6.45, 7) is 5.22. The van der Waals surface area contributed by atoms with E-state index in [1.165, 1.54) is 28.7 Å². The van der Waals surface area contributed by atoms with E-state index in [1.54, 1.807) is 20.8 Å². The van der Waals surface area contributed by atoms with E-state index < -0.39 is 35.7 Å². The van der Waals surface area contributed by atoms with E-state index in [0.29, 0.717) is 11.5 Å². The number of alkyl carbamates (subject to hydrolysis) is 1. The van der Waals surface area contributed by atoms with Crippen molar-refractivity contribution in [1.82, 2.24) is 10.6 Å². The summed E-state index contributed by atoms with van der Waals surface area (Å²) in [7, 11) is 4.11. The number of carbonyl (C=O) groups excluding carboxylic acids is 3. The molecule has 0 bridgehead atoms. The van der Waals surface area contributed by atoms with Gasteiger partial charge in [-0.2, -0.15) is 0 Å². The van der Waals surface area contributed by atoms with Crippen molar-refractivity contribution in [3.8, 4) is 0 Å². The van der Waals surface area contributed by atoms with Gasteiger partial charge in [0.05, 0.1) is 7.11 Å². The second-order valence-electron chi connectivity index (χ2n) is 5.35. The molecule has 2 atom stereocenters. The summed E-state index contributed by atoms with van der Waals surface area (Å²) in [6, 6.07) is -1.48. The standard InChI is InChI=1S/C12H20N2O5S2/c1-12(2,3)19-11(17)14-7-5-20-21-6-8(10(16)18-4)13-9(7)15/h7-8H,5-6H2,1-4H3,(H,13,15)(H,14,17). The third-order valence-corrected chi connectivity index (χ3v) is 4.78. The maximum absolute atomic E-state index is 12.1. The number of methoxy groups -OCH3 is 1. The van der Waals surface area contributed by atoms with Crippen molar-refractivity contribution in [1.29, 1.82) is 0 Å². The Labute approximate surface area is 131 Å². The molecule has 2 amide bonds. The van der Waals surface area contributed by atoms with Crippen molar-refractivity contribution in [2.24, 2.45) is 0 Å². The molecule has 1 fully saturated rings. The van der Waals surface area contributed by atoms with E-state index in [1.807, 2.05) is 0 Å². The maximum atomic E-state index is 12.1. The Balaban J connectivity index is 2.63. The lowest BCUT2D eigenvalue weighted by Gasteiger charge is -2.26. The van der Waals surface area contributed by atoms with Crippen LogP contribution in [-0.4, -0.2) is 54.3 Å². The first-order valence-corrected chi connectivity index (χ1v) is 8.84. The van der Waals surface area contributed by atoms with Crippen LogP contribution in [-0.2, 0) is 19.1 Å². The molecule has 0 aliphatic carbocycles. The molecule has 1 saturated heterocycles. The molecule has 1 heterocycles. The highest BCUT2D eigenvalue weighted by Gasteiger charge is 2.30. The van der Waals surface area contributed by atoms with Gasteiger partial charge in [0.15, 0.2) is 0 Å². The number of ether oxygens (including phenoxy) is 2. The van der Waals surface area contributed by atoms with Crippen molar-refractivity contribution in [3.63, 3.8) is 0 Å². The largest absolute Gasteiger partial charge is 0.467 e. The average molecular weight is 336 g/mol. The molecule has 1 rings (SSSR count). The van der Waals surface area contributed by atoms with Gasteiger partial charge >= 0.3 is 12.1 Å². The minimum absolute atomic E-state index is 0.392. The van der Waals surface area contributed by atoms with Crippen LogP contribution < -0.4 is 10.6 Å². The zero-order chi connectivity index (χ0) is 16.0. The number of nitrogens with one attached hydrogen (secondary N) is 2. The van der Waals surface area contributed by atoms with Gasteiger partial charge in [-0.3, -0.25) is 4.79 Å². The van der Waals surface area contributed by atoms with Gasteiger partial charge in [-0.25, -0.2) is 9.59 Å². The highest BCUT2D eigenvalue weighted by molar-refractivity contribution is 8.76. The number of carbonyl (C=O) groups is 3. The maximum Gasteiger partial charge on any atom is 0.408 e. The van der Waals surface area contributed by atoms with E-state index in [4.69, 9.17) is 4.74 Å². The average Bonchev–Trinajstić information content (AvgIpc) is 2.35. The Morgan fingerprint density at radius 2 is 1.90 bits per heavy atom. The summed E-state index contributed by atoms with van der Waals surface area (Å²) in [6.07, 6.45) is -0.663. The SMILES string of the molecule is COC(=O)C1CSSCC(NC(=O)OC(C)(C)C)C(=O)N1. The molecule has 1 aliphatic rings.